The van der Waals surface area contributed by atoms with E-state index in [2.05, 4.69) is 13.8 Å². The largest absolute Gasteiger partial charge is 0.326 e. The van der Waals surface area contributed by atoms with Crippen LogP contribution >= 0.6 is 0 Å². The van der Waals surface area contributed by atoms with Crippen LogP contribution < -0.4 is 11.5 Å². The van der Waals surface area contributed by atoms with E-state index in [1.807, 2.05) is 6.92 Å². The van der Waals surface area contributed by atoms with Gasteiger partial charge in [-0.15, -0.1) is 0 Å². The summed E-state index contributed by atoms with van der Waals surface area (Å²) >= 11 is 0. The topological polar surface area (TPSA) is 52.0 Å². The zero-order valence-corrected chi connectivity index (χ0v) is 7.09. The number of rotatable bonds is 2. The molecule has 0 bridgehead atoms. The molecule has 0 aromatic rings. The summed E-state index contributed by atoms with van der Waals surface area (Å²) in [6, 6.07) is 0.113. The van der Waals surface area contributed by atoms with Crippen LogP contribution in [0.3, 0.4) is 0 Å². The maximum absolute atomic E-state index is 6.03. The van der Waals surface area contributed by atoms with Gasteiger partial charge in [-0.05, 0) is 32.1 Å². The molecule has 0 amide bonds. The lowest BCUT2D eigenvalue weighted by Gasteiger charge is -2.29. The molecular weight excluding hydrogens is 124 g/mol. The van der Waals surface area contributed by atoms with Crippen LogP contribution in [-0.4, -0.2) is 11.6 Å². The average Bonchev–Trinajstić information content (AvgIpc) is 2.46. The van der Waals surface area contributed by atoms with Gasteiger partial charge in [0.05, 0.1) is 0 Å². The molecule has 1 rings (SSSR count). The van der Waals surface area contributed by atoms with Gasteiger partial charge in [-0.3, -0.25) is 0 Å². The first-order valence-electron chi connectivity index (χ1n) is 4.00. The maximum Gasteiger partial charge on any atom is 0.0307 e. The van der Waals surface area contributed by atoms with Crippen LogP contribution in [0.15, 0.2) is 0 Å². The van der Waals surface area contributed by atoms with Gasteiger partial charge in [0.25, 0.3) is 0 Å². The third-order valence-electron chi connectivity index (χ3n) is 2.89. The molecule has 1 aliphatic carbocycles. The van der Waals surface area contributed by atoms with E-state index in [4.69, 9.17) is 11.5 Å². The van der Waals surface area contributed by atoms with Crippen LogP contribution in [-0.2, 0) is 0 Å². The highest BCUT2D eigenvalue weighted by Gasteiger charge is 2.46. The van der Waals surface area contributed by atoms with Crippen LogP contribution in [0.5, 0.6) is 0 Å². The van der Waals surface area contributed by atoms with Crippen molar-refractivity contribution < 1.29 is 0 Å². The molecule has 0 spiro atoms. The molecular formula is C8H18N2. The summed E-state index contributed by atoms with van der Waals surface area (Å²) in [6.07, 6.45) is 1.26. The van der Waals surface area contributed by atoms with Gasteiger partial charge in [0.1, 0.15) is 0 Å². The highest BCUT2D eigenvalue weighted by Crippen LogP contribution is 2.45. The molecule has 0 heterocycles. The Balaban J connectivity index is 2.52. The summed E-state index contributed by atoms with van der Waals surface area (Å²) in [5.74, 6) is 1.45. The van der Waals surface area contributed by atoms with Crippen LogP contribution in [0.2, 0.25) is 0 Å². The lowest BCUT2D eigenvalue weighted by atomic mass is 9.89. The second-order valence-electron chi connectivity index (χ2n) is 3.97. The first-order valence-corrected chi connectivity index (χ1v) is 4.00. The normalized spacial score (nSPS) is 40.5. The lowest BCUT2D eigenvalue weighted by Crippen LogP contribution is -2.53. The van der Waals surface area contributed by atoms with Gasteiger partial charge in [0.2, 0.25) is 0 Å². The van der Waals surface area contributed by atoms with E-state index >= 15 is 0 Å². The van der Waals surface area contributed by atoms with Gasteiger partial charge in [0, 0.05) is 11.6 Å². The molecule has 0 aromatic heterocycles. The molecule has 2 heteroatoms. The Bertz CT molecular complexity index is 129. The van der Waals surface area contributed by atoms with E-state index in [1.165, 1.54) is 6.42 Å². The minimum atomic E-state index is -0.139. The third kappa shape index (κ3) is 1.18. The minimum Gasteiger partial charge on any atom is -0.326 e. The van der Waals surface area contributed by atoms with E-state index in [0.717, 1.165) is 5.92 Å². The van der Waals surface area contributed by atoms with Crippen molar-refractivity contribution in [3.63, 3.8) is 0 Å². The molecule has 0 aromatic carbocycles. The quantitative estimate of drug-likeness (QED) is 0.596. The van der Waals surface area contributed by atoms with Crippen LogP contribution in [0.1, 0.15) is 27.2 Å². The molecule has 0 aliphatic heterocycles. The predicted molar refractivity (Wildman–Crippen MR) is 43.5 cm³/mol. The van der Waals surface area contributed by atoms with E-state index in [1.54, 1.807) is 0 Å². The van der Waals surface area contributed by atoms with E-state index in [9.17, 15) is 0 Å². The molecule has 1 saturated carbocycles. The van der Waals surface area contributed by atoms with Crippen molar-refractivity contribution >= 4 is 0 Å². The zero-order valence-electron chi connectivity index (χ0n) is 7.09. The molecule has 1 aliphatic rings. The third-order valence-corrected chi connectivity index (χ3v) is 2.89. The van der Waals surface area contributed by atoms with Crippen molar-refractivity contribution in [2.75, 3.05) is 0 Å². The Kier molecular flexibility index (Phi) is 1.77. The summed E-state index contributed by atoms with van der Waals surface area (Å²) in [6.45, 7) is 6.29. The van der Waals surface area contributed by atoms with E-state index in [-0.39, 0.29) is 11.6 Å². The lowest BCUT2D eigenvalue weighted by molar-refractivity contribution is 0.333. The van der Waals surface area contributed by atoms with Crippen molar-refractivity contribution in [2.45, 2.75) is 38.8 Å². The molecule has 4 atom stereocenters. The fourth-order valence-corrected chi connectivity index (χ4v) is 1.53. The molecule has 0 radical (unpaired) electrons. The van der Waals surface area contributed by atoms with Gasteiger partial charge in [-0.2, -0.15) is 0 Å². The summed E-state index contributed by atoms with van der Waals surface area (Å²) in [5.41, 5.74) is 11.6. The van der Waals surface area contributed by atoms with Gasteiger partial charge in [-0.25, -0.2) is 0 Å². The van der Waals surface area contributed by atoms with Gasteiger partial charge in [0.15, 0.2) is 0 Å². The van der Waals surface area contributed by atoms with Gasteiger partial charge >= 0.3 is 0 Å². The van der Waals surface area contributed by atoms with E-state index < -0.39 is 0 Å². The Hall–Kier alpha value is -0.0800. The first kappa shape index (κ1) is 8.02. The maximum atomic E-state index is 6.03. The molecule has 0 saturated heterocycles. The van der Waals surface area contributed by atoms with Crippen molar-refractivity contribution in [1.82, 2.24) is 0 Å². The summed E-state index contributed by atoms with van der Waals surface area (Å²) in [4.78, 5) is 0. The second-order valence-corrected chi connectivity index (χ2v) is 3.97. The predicted octanol–water partition coefficient (Wildman–Crippen LogP) is 0.707. The molecule has 10 heavy (non-hydrogen) atoms. The SMILES string of the molecule is CC1CC1C(C)(N)C(C)N. The highest BCUT2D eigenvalue weighted by atomic mass is 14.9. The van der Waals surface area contributed by atoms with Crippen molar-refractivity contribution in [3.8, 4) is 0 Å². The summed E-state index contributed by atoms with van der Waals surface area (Å²) in [7, 11) is 0. The molecule has 1 fully saturated rings. The van der Waals surface area contributed by atoms with Crippen molar-refractivity contribution in [1.29, 1.82) is 0 Å². The fourth-order valence-electron chi connectivity index (χ4n) is 1.53. The van der Waals surface area contributed by atoms with Crippen molar-refractivity contribution in [2.24, 2.45) is 23.3 Å². The first-order chi connectivity index (χ1) is 4.46. The standard InChI is InChI=1S/C8H18N2/c1-5-4-7(5)8(3,10)6(2)9/h5-7H,4,9-10H2,1-3H3. The van der Waals surface area contributed by atoms with Gasteiger partial charge in [-0.1, -0.05) is 6.92 Å². The number of hydrogen-bond acceptors (Lipinski definition) is 2. The van der Waals surface area contributed by atoms with Gasteiger partial charge < -0.3 is 11.5 Å². The summed E-state index contributed by atoms with van der Waals surface area (Å²) < 4.78 is 0. The highest BCUT2D eigenvalue weighted by molar-refractivity contribution is 5.03. The number of nitrogens with two attached hydrogens (primary N) is 2. The minimum absolute atomic E-state index is 0.113. The summed E-state index contributed by atoms with van der Waals surface area (Å²) in [5, 5.41) is 0. The zero-order chi connectivity index (χ0) is 7.94. The smallest absolute Gasteiger partial charge is 0.0307 e. The fraction of sp³-hybridized carbons (Fsp3) is 1.00. The monoisotopic (exact) mass is 142 g/mol. The average molecular weight is 142 g/mol. The Morgan fingerprint density at radius 1 is 1.60 bits per heavy atom. The molecule has 4 N–H and O–H groups in total. The molecule has 4 unspecified atom stereocenters. The van der Waals surface area contributed by atoms with Crippen LogP contribution in [0.25, 0.3) is 0 Å². The molecule has 2 nitrogen and oxygen atoms in total. The Morgan fingerprint density at radius 3 is 2.10 bits per heavy atom. The Labute approximate surface area is 63.0 Å². The second kappa shape index (κ2) is 2.21. The molecule has 60 valence electrons. The van der Waals surface area contributed by atoms with Crippen LogP contribution in [0.4, 0.5) is 0 Å². The van der Waals surface area contributed by atoms with Crippen molar-refractivity contribution in [3.05, 3.63) is 0 Å². The number of hydrogen-bond donors (Lipinski definition) is 2. The van der Waals surface area contributed by atoms with Crippen LogP contribution in [0, 0.1) is 11.8 Å². The van der Waals surface area contributed by atoms with E-state index in [0.29, 0.717) is 5.92 Å². The Morgan fingerprint density at radius 2 is 2.00 bits per heavy atom.